The van der Waals surface area contributed by atoms with Crippen molar-refractivity contribution in [2.75, 3.05) is 7.11 Å². The summed E-state index contributed by atoms with van der Waals surface area (Å²) in [4.78, 5) is 4.57. The largest absolute Gasteiger partial charge is 0.496 e. The lowest BCUT2D eigenvalue weighted by molar-refractivity contribution is 0.124. The zero-order valence-corrected chi connectivity index (χ0v) is 10.3. The lowest BCUT2D eigenvalue weighted by atomic mass is 10.1. The molecule has 0 saturated carbocycles. The van der Waals surface area contributed by atoms with E-state index in [1.54, 1.807) is 7.11 Å². The van der Waals surface area contributed by atoms with Gasteiger partial charge in [-0.3, -0.25) is 4.84 Å². The highest BCUT2D eigenvalue weighted by Gasteiger charge is 2.04. The topological polar surface area (TPSA) is 44.5 Å². The predicted molar refractivity (Wildman–Crippen MR) is 62.8 cm³/mol. The van der Waals surface area contributed by atoms with Gasteiger partial charge in [0.25, 0.3) is 0 Å². The average Bonchev–Trinajstić information content (AvgIpc) is 2.21. The molecule has 1 aromatic carbocycles. The molecular formula is C12H21NO2. The minimum absolute atomic E-state index is 0.436. The summed E-state index contributed by atoms with van der Waals surface area (Å²) >= 11 is 0. The van der Waals surface area contributed by atoms with Crippen LogP contribution in [0.25, 0.3) is 0 Å². The fraction of sp³-hybridized carbons (Fsp3) is 0.500. The van der Waals surface area contributed by atoms with Gasteiger partial charge >= 0.3 is 0 Å². The van der Waals surface area contributed by atoms with Crippen LogP contribution in [-0.4, -0.2) is 7.11 Å². The Balaban J connectivity index is 0.000000921. The highest BCUT2D eigenvalue weighted by Crippen LogP contribution is 2.24. The van der Waals surface area contributed by atoms with Gasteiger partial charge in [-0.25, -0.2) is 5.90 Å². The summed E-state index contributed by atoms with van der Waals surface area (Å²) in [6.07, 6.45) is 0. The smallest absolute Gasteiger partial charge is 0.124 e. The van der Waals surface area contributed by atoms with Crippen molar-refractivity contribution < 1.29 is 9.57 Å². The fourth-order valence-electron chi connectivity index (χ4n) is 1.54. The molecule has 86 valence electrons. The van der Waals surface area contributed by atoms with Crippen LogP contribution in [0.3, 0.4) is 0 Å². The van der Waals surface area contributed by atoms with E-state index < -0.39 is 0 Å². The minimum Gasteiger partial charge on any atom is -0.496 e. The molecule has 0 aliphatic rings. The Kier molecular flexibility index (Phi) is 6.75. The molecule has 0 aliphatic heterocycles. The standard InChI is InChI=1S/C10H15NO2.C2H6/c1-7-4-9(6-13-11)5-8(2)10(7)12-3;1-2/h4-5H,6,11H2,1-3H3;1-2H3. The molecule has 3 heteroatoms. The molecule has 0 saturated heterocycles. The molecule has 15 heavy (non-hydrogen) atoms. The molecule has 0 amide bonds. The summed E-state index contributed by atoms with van der Waals surface area (Å²) in [5.41, 5.74) is 3.28. The number of nitrogens with two attached hydrogens (primary N) is 1. The van der Waals surface area contributed by atoms with Crippen LogP contribution >= 0.6 is 0 Å². The molecule has 0 radical (unpaired) electrons. The van der Waals surface area contributed by atoms with Crippen LogP contribution < -0.4 is 10.6 Å². The van der Waals surface area contributed by atoms with Gasteiger partial charge in [-0.1, -0.05) is 13.8 Å². The van der Waals surface area contributed by atoms with E-state index in [-0.39, 0.29) is 0 Å². The van der Waals surface area contributed by atoms with E-state index in [0.29, 0.717) is 6.61 Å². The number of methoxy groups -OCH3 is 1. The molecule has 0 bridgehead atoms. The van der Waals surface area contributed by atoms with Crippen LogP contribution in [0.5, 0.6) is 5.75 Å². The lowest BCUT2D eigenvalue weighted by Gasteiger charge is -2.10. The van der Waals surface area contributed by atoms with Gasteiger partial charge in [0.1, 0.15) is 5.75 Å². The Hall–Kier alpha value is -1.06. The minimum atomic E-state index is 0.436. The third-order valence-electron chi connectivity index (χ3n) is 1.97. The Morgan fingerprint density at radius 1 is 1.13 bits per heavy atom. The van der Waals surface area contributed by atoms with Crippen molar-refractivity contribution in [3.05, 3.63) is 28.8 Å². The summed E-state index contributed by atoms with van der Waals surface area (Å²) in [7, 11) is 1.68. The first-order chi connectivity index (χ1) is 7.19. The van der Waals surface area contributed by atoms with E-state index in [4.69, 9.17) is 10.6 Å². The van der Waals surface area contributed by atoms with Crippen molar-refractivity contribution in [2.45, 2.75) is 34.3 Å². The first-order valence-corrected chi connectivity index (χ1v) is 5.15. The van der Waals surface area contributed by atoms with Crippen molar-refractivity contribution in [1.29, 1.82) is 0 Å². The highest BCUT2D eigenvalue weighted by molar-refractivity contribution is 5.43. The van der Waals surface area contributed by atoms with Gasteiger partial charge in [-0.2, -0.15) is 0 Å². The van der Waals surface area contributed by atoms with E-state index in [1.807, 2.05) is 39.8 Å². The van der Waals surface area contributed by atoms with E-state index in [9.17, 15) is 0 Å². The second kappa shape index (κ2) is 7.26. The number of ether oxygens (including phenoxy) is 1. The first-order valence-electron chi connectivity index (χ1n) is 5.15. The predicted octanol–water partition coefficient (Wildman–Crippen LogP) is 2.73. The third-order valence-corrected chi connectivity index (χ3v) is 1.97. The number of rotatable bonds is 3. The zero-order valence-electron chi connectivity index (χ0n) is 10.3. The summed E-state index contributed by atoms with van der Waals surface area (Å²) < 4.78 is 5.24. The fourth-order valence-corrected chi connectivity index (χ4v) is 1.54. The first kappa shape index (κ1) is 13.9. The second-order valence-corrected chi connectivity index (χ2v) is 3.07. The maximum atomic E-state index is 5.24. The molecule has 0 fully saturated rings. The molecule has 0 atom stereocenters. The molecule has 0 aliphatic carbocycles. The normalized spacial score (nSPS) is 9.20. The Morgan fingerprint density at radius 3 is 1.93 bits per heavy atom. The van der Waals surface area contributed by atoms with Crippen LogP contribution in [0.1, 0.15) is 30.5 Å². The van der Waals surface area contributed by atoms with Crippen molar-refractivity contribution in [2.24, 2.45) is 5.90 Å². The number of benzene rings is 1. The van der Waals surface area contributed by atoms with E-state index in [2.05, 4.69) is 4.84 Å². The molecule has 0 spiro atoms. The van der Waals surface area contributed by atoms with Gasteiger partial charge in [-0.05, 0) is 42.7 Å². The van der Waals surface area contributed by atoms with Crippen molar-refractivity contribution in [3.8, 4) is 5.75 Å². The number of hydrogen-bond donors (Lipinski definition) is 1. The quantitative estimate of drug-likeness (QED) is 0.782. The van der Waals surface area contributed by atoms with Crippen LogP contribution in [0.4, 0.5) is 0 Å². The Labute approximate surface area is 92.1 Å². The van der Waals surface area contributed by atoms with Gasteiger partial charge in [0.15, 0.2) is 0 Å². The van der Waals surface area contributed by atoms with Crippen LogP contribution in [-0.2, 0) is 11.4 Å². The number of aryl methyl sites for hydroxylation is 2. The summed E-state index contributed by atoms with van der Waals surface area (Å²) in [5.74, 6) is 5.93. The van der Waals surface area contributed by atoms with Gasteiger partial charge in [0.05, 0.1) is 13.7 Å². The zero-order chi connectivity index (χ0) is 11.8. The monoisotopic (exact) mass is 211 g/mol. The van der Waals surface area contributed by atoms with Gasteiger partial charge < -0.3 is 4.74 Å². The summed E-state index contributed by atoms with van der Waals surface area (Å²) in [6, 6.07) is 4.03. The van der Waals surface area contributed by atoms with Gasteiger partial charge in [0.2, 0.25) is 0 Å². The van der Waals surface area contributed by atoms with E-state index in [1.165, 1.54) is 0 Å². The summed E-state index contributed by atoms with van der Waals surface area (Å²) in [6.45, 7) is 8.45. The van der Waals surface area contributed by atoms with Gasteiger partial charge in [0, 0.05) is 0 Å². The van der Waals surface area contributed by atoms with Crippen molar-refractivity contribution in [1.82, 2.24) is 0 Å². The molecular weight excluding hydrogens is 190 g/mol. The van der Waals surface area contributed by atoms with E-state index >= 15 is 0 Å². The molecule has 2 N–H and O–H groups in total. The Morgan fingerprint density at radius 2 is 1.60 bits per heavy atom. The Bertz CT molecular complexity index is 275. The lowest BCUT2D eigenvalue weighted by Crippen LogP contribution is -2.00. The molecule has 3 nitrogen and oxygen atoms in total. The molecule has 0 aromatic heterocycles. The van der Waals surface area contributed by atoms with Crippen LogP contribution in [0.15, 0.2) is 12.1 Å². The maximum absolute atomic E-state index is 5.24. The third kappa shape index (κ3) is 3.90. The van der Waals surface area contributed by atoms with Crippen molar-refractivity contribution in [3.63, 3.8) is 0 Å². The highest BCUT2D eigenvalue weighted by atomic mass is 16.6. The molecule has 0 heterocycles. The molecule has 0 unspecified atom stereocenters. The SMILES string of the molecule is CC.COc1c(C)cc(CON)cc1C. The van der Waals surface area contributed by atoms with Crippen LogP contribution in [0.2, 0.25) is 0 Å². The van der Waals surface area contributed by atoms with Crippen molar-refractivity contribution >= 4 is 0 Å². The molecule has 1 rings (SSSR count). The van der Waals surface area contributed by atoms with Crippen LogP contribution in [0, 0.1) is 13.8 Å². The summed E-state index contributed by atoms with van der Waals surface area (Å²) in [5, 5.41) is 0. The maximum Gasteiger partial charge on any atom is 0.124 e. The molecule has 1 aromatic rings. The second-order valence-electron chi connectivity index (χ2n) is 3.07. The van der Waals surface area contributed by atoms with E-state index in [0.717, 1.165) is 22.4 Å². The number of hydrogen-bond acceptors (Lipinski definition) is 3. The average molecular weight is 211 g/mol. The van der Waals surface area contributed by atoms with Gasteiger partial charge in [-0.15, -0.1) is 0 Å².